The molecule has 0 saturated heterocycles. The fourth-order valence-corrected chi connectivity index (χ4v) is 10.9. The second-order valence-corrected chi connectivity index (χ2v) is 18.6. The fourth-order valence-electron chi connectivity index (χ4n) is 9.82. The molecule has 66 heavy (non-hydrogen) atoms. The second-order valence-electron chi connectivity index (χ2n) is 16.7. The molecule has 332 valence electrons. The summed E-state index contributed by atoms with van der Waals surface area (Å²) in [5.41, 5.74) is 18.9. The van der Waals surface area contributed by atoms with Gasteiger partial charge in [-0.1, -0.05) is 173 Å². The fraction of sp³-hybridized carbons (Fsp3) is 0.200. The van der Waals surface area contributed by atoms with Crippen molar-refractivity contribution in [1.82, 2.24) is 0 Å². The van der Waals surface area contributed by atoms with Crippen LogP contribution in [-0.2, 0) is 30.2 Å². The van der Waals surface area contributed by atoms with Gasteiger partial charge in [0.15, 0.2) is 0 Å². The minimum Gasteiger partial charge on any atom is -0.493 e. The molecular formula is C60H57O5P. The average molecular weight is 889 g/mol. The Morgan fingerprint density at radius 3 is 0.894 bits per heavy atom. The topological polar surface area (TPSA) is 54.0 Å². The number of rotatable bonds is 8. The van der Waals surface area contributed by atoms with E-state index in [1.807, 2.05) is 24.3 Å². The first-order valence-corrected chi connectivity index (χ1v) is 25.4. The number of ether oxygens (including phenoxy) is 2. The van der Waals surface area contributed by atoms with Crippen LogP contribution in [0, 0.1) is 0 Å². The normalized spacial score (nSPS) is 13.3. The van der Waals surface area contributed by atoms with Gasteiger partial charge in [-0.05, 0) is 117 Å². The van der Waals surface area contributed by atoms with Crippen molar-refractivity contribution in [2.45, 2.75) is 59.8 Å². The standard InChI is InChI=1S/C31H30O2.C29H27O3P/c1-3-24-26(22-12-7-5-8-13-22)16-18-28-30(24)31-25(4-2)27(23-14-9-6-10-15-23)17-19-29(31)33-21-11-20-32-28;1-4-22-24(20-12-8-6-9-13-20)16-18-26-28(22)29-23(5-2)25(21-14-10-7-11-15-21)17-19-27(29)32-33(3,30)31-26/h5-10,12-19H,3-4,11,20-21H2,1-2H3;6-19H,4-5H2,1-3H3. The van der Waals surface area contributed by atoms with Gasteiger partial charge >= 0.3 is 7.60 Å². The van der Waals surface area contributed by atoms with Crippen LogP contribution in [0.3, 0.4) is 0 Å². The molecule has 0 aliphatic carbocycles. The minimum atomic E-state index is -3.33. The summed E-state index contributed by atoms with van der Waals surface area (Å²) in [5.74, 6) is 3.16. The van der Waals surface area contributed by atoms with E-state index in [9.17, 15) is 4.57 Å². The van der Waals surface area contributed by atoms with Crippen LogP contribution >= 0.6 is 7.60 Å². The van der Waals surface area contributed by atoms with E-state index in [2.05, 4.69) is 173 Å². The Morgan fingerprint density at radius 1 is 0.364 bits per heavy atom. The highest BCUT2D eigenvalue weighted by Crippen LogP contribution is 2.58. The summed E-state index contributed by atoms with van der Waals surface area (Å²) in [7, 11) is -3.33. The molecule has 5 nitrogen and oxygen atoms in total. The highest BCUT2D eigenvalue weighted by Gasteiger charge is 2.33. The molecular weight excluding hydrogens is 832 g/mol. The lowest BCUT2D eigenvalue weighted by Crippen LogP contribution is -2.03. The van der Waals surface area contributed by atoms with Crippen LogP contribution in [0.4, 0.5) is 0 Å². The van der Waals surface area contributed by atoms with E-state index in [-0.39, 0.29) is 0 Å². The van der Waals surface area contributed by atoms with Gasteiger partial charge in [0, 0.05) is 28.7 Å². The smallest absolute Gasteiger partial charge is 0.427 e. The molecule has 0 N–H and O–H groups in total. The van der Waals surface area contributed by atoms with Gasteiger partial charge in [-0.15, -0.1) is 0 Å². The minimum absolute atomic E-state index is 0.621. The summed E-state index contributed by atoms with van der Waals surface area (Å²) in [6.45, 7) is 11.6. The lowest BCUT2D eigenvalue weighted by atomic mass is 9.84. The van der Waals surface area contributed by atoms with E-state index in [1.165, 1.54) is 55.6 Å². The van der Waals surface area contributed by atoms with Crippen LogP contribution in [-0.4, -0.2) is 19.9 Å². The first-order valence-electron chi connectivity index (χ1n) is 23.4. The molecule has 8 aromatic carbocycles. The largest absolute Gasteiger partial charge is 0.493 e. The first-order chi connectivity index (χ1) is 32.3. The SMILES string of the molecule is CCc1c(-c2ccccc2)ccc2c1-c1c(ccc(-c3ccccc3)c1CC)OCCCO2.CCc1c(-c2ccccc2)ccc2c1-c1c(ccc(-c3ccccc3)c1CC)OP(C)(=O)O2. The number of fused-ring (bicyclic) bond motifs is 6. The Balaban J connectivity index is 0.000000166. The third-order valence-corrected chi connectivity index (χ3v) is 13.7. The van der Waals surface area contributed by atoms with Crippen LogP contribution < -0.4 is 18.5 Å². The van der Waals surface area contributed by atoms with Gasteiger partial charge in [0.25, 0.3) is 0 Å². The molecule has 0 spiro atoms. The molecule has 8 aromatic rings. The summed E-state index contributed by atoms with van der Waals surface area (Å²) in [5, 5.41) is 0. The molecule has 2 aliphatic rings. The molecule has 0 amide bonds. The van der Waals surface area contributed by atoms with Crippen molar-refractivity contribution in [3.63, 3.8) is 0 Å². The molecule has 2 aliphatic heterocycles. The molecule has 2 heterocycles. The predicted molar refractivity (Wildman–Crippen MR) is 273 cm³/mol. The number of hydrogen-bond acceptors (Lipinski definition) is 5. The van der Waals surface area contributed by atoms with Crippen LogP contribution in [0.1, 0.15) is 56.4 Å². The predicted octanol–water partition coefficient (Wildman–Crippen LogP) is 16.4. The summed E-state index contributed by atoms with van der Waals surface area (Å²) >= 11 is 0. The zero-order valence-corrected chi connectivity index (χ0v) is 39.5. The van der Waals surface area contributed by atoms with Crippen LogP contribution in [0.25, 0.3) is 66.8 Å². The van der Waals surface area contributed by atoms with Crippen LogP contribution in [0.2, 0.25) is 0 Å². The molecule has 0 radical (unpaired) electrons. The zero-order valence-electron chi connectivity index (χ0n) is 38.6. The molecule has 0 aromatic heterocycles. The van der Waals surface area contributed by atoms with Gasteiger partial charge in [-0.2, -0.15) is 0 Å². The van der Waals surface area contributed by atoms with Crippen molar-refractivity contribution >= 4 is 7.60 Å². The van der Waals surface area contributed by atoms with Crippen molar-refractivity contribution < 1.29 is 23.1 Å². The van der Waals surface area contributed by atoms with E-state index < -0.39 is 7.60 Å². The zero-order chi connectivity index (χ0) is 45.6. The highest BCUT2D eigenvalue weighted by atomic mass is 31.2. The maximum atomic E-state index is 13.2. The molecule has 10 rings (SSSR count). The maximum absolute atomic E-state index is 13.2. The Morgan fingerprint density at radius 2 is 0.621 bits per heavy atom. The molecule has 0 fully saturated rings. The Labute approximate surface area is 390 Å². The Hall–Kier alpha value is -6.81. The van der Waals surface area contributed by atoms with Crippen molar-refractivity contribution in [3.8, 4) is 89.8 Å². The number of benzene rings is 8. The Kier molecular flexibility index (Phi) is 13.3. The summed E-state index contributed by atoms with van der Waals surface area (Å²) in [4.78, 5) is 0. The molecule has 0 unspecified atom stereocenters. The van der Waals surface area contributed by atoms with Gasteiger partial charge < -0.3 is 18.5 Å². The molecule has 0 saturated carbocycles. The molecule has 6 heteroatoms. The van der Waals surface area contributed by atoms with Gasteiger partial charge in [0.05, 0.1) is 19.9 Å². The number of hydrogen-bond donors (Lipinski definition) is 0. The summed E-state index contributed by atoms with van der Waals surface area (Å²) < 4.78 is 38.0. The monoisotopic (exact) mass is 888 g/mol. The van der Waals surface area contributed by atoms with Crippen LogP contribution in [0.5, 0.6) is 23.0 Å². The Bertz CT molecular complexity index is 2820. The second kappa shape index (κ2) is 19.7. The summed E-state index contributed by atoms with van der Waals surface area (Å²) in [6.07, 6.45) is 4.30. The van der Waals surface area contributed by atoms with Gasteiger partial charge in [-0.3, -0.25) is 0 Å². The lowest BCUT2D eigenvalue weighted by molar-refractivity contribution is 0.252. The third kappa shape index (κ3) is 8.81. The van der Waals surface area contributed by atoms with E-state index in [0.29, 0.717) is 24.7 Å². The lowest BCUT2D eigenvalue weighted by Gasteiger charge is -2.23. The van der Waals surface area contributed by atoms with Crippen molar-refractivity contribution in [3.05, 3.63) is 192 Å². The highest BCUT2D eigenvalue weighted by molar-refractivity contribution is 7.53. The van der Waals surface area contributed by atoms with E-state index in [1.54, 1.807) is 6.66 Å². The molecule has 0 atom stereocenters. The third-order valence-electron chi connectivity index (χ3n) is 12.7. The molecule has 0 bridgehead atoms. The van der Waals surface area contributed by atoms with E-state index >= 15 is 0 Å². The van der Waals surface area contributed by atoms with E-state index in [4.69, 9.17) is 18.5 Å². The van der Waals surface area contributed by atoms with Gasteiger partial charge in [0.2, 0.25) is 0 Å². The van der Waals surface area contributed by atoms with Crippen molar-refractivity contribution in [2.75, 3.05) is 19.9 Å². The average Bonchev–Trinajstić information content (AvgIpc) is 3.41. The maximum Gasteiger partial charge on any atom is 0.427 e. The first kappa shape index (κ1) is 44.4. The summed E-state index contributed by atoms with van der Waals surface area (Å²) in [6, 6.07) is 58.9. The quantitative estimate of drug-likeness (QED) is 0.142. The van der Waals surface area contributed by atoms with E-state index in [0.717, 1.165) is 77.0 Å². The van der Waals surface area contributed by atoms with Crippen LogP contribution in [0.15, 0.2) is 170 Å². The van der Waals surface area contributed by atoms with Crippen molar-refractivity contribution in [2.24, 2.45) is 0 Å². The van der Waals surface area contributed by atoms with Gasteiger partial charge in [0.1, 0.15) is 23.0 Å². The van der Waals surface area contributed by atoms with Crippen molar-refractivity contribution in [1.29, 1.82) is 0 Å². The van der Waals surface area contributed by atoms with Gasteiger partial charge in [-0.25, -0.2) is 4.57 Å².